The highest BCUT2D eigenvalue weighted by Gasteiger charge is 2.13. The van der Waals surface area contributed by atoms with E-state index in [4.69, 9.17) is 11.6 Å². The number of halogens is 2. The van der Waals surface area contributed by atoms with Crippen LogP contribution in [0.2, 0.25) is 5.02 Å². The zero-order valence-corrected chi connectivity index (χ0v) is 13.3. The van der Waals surface area contributed by atoms with Crippen molar-refractivity contribution in [2.24, 2.45) is 0 Å². The number of aryl methyl sites for hydroxylation is 1. The van der Waals surface area contributed by atoms with Crippen molar-refractivity contribution >= 4 is 11.6 Å². The van der Waals surface area contributed by atoms with E-state index in [1.807, 2.05) is 6.07 Å². The minimum Gasteiger partial charge on any atom is -0.314 e. The van der Waals surface area contributed by atoms with Crippen LogP contribution in [0.3, 0.4) is 0 Å². The Kier molecular flexibility index (Phi) is 5.77. The van der Waals surface area contributed by atoms with Gasteiger partial charge in [0, 0.05) is 6.04 Å². The van der Waals surface area contributed by atoms with E-state index in [1.165, 1.54) is 17.2 Å². The molecule has 21 heavy (non-hydrogen) atoms. The summed E-state index contributed by atoms with van der Waals surface area (Å²) in [5.41, 5.74) is 3.40. The van der Waals surface area contributed by atoms with E-state index in [0.717, 1.165) is 24.9 Å². The second-order valence-electron chi connectivity index (χ2n) is 5.36. The molecule has 0 bridgehead atoms. The van der Waals surface area contributed by atoms with Crippen LogP contribution in [0.25, 0.3) is 0 Å². The molecule has 0 radical (unpaired) electrons. The Balaban J connectivity index is 2.13. The Morgan fingerprint density at radius 1 is 1.14 bits per heavy atom. The maximum Gasteiger partial charge on any atom is 0.142 e. The largest absolute Gasteiger partial charge is 0.314 e. The maximum absolute atomic E-state index is 13.5. The summed E-state index contributed by atoms with van der Waals surface area (Å²) in [5, 5.41) is 3.71. The average Bonchev–Trinajstić information content (AvgIpc) is 2.44. The number of rotatable bonds is 6. The molecule has 1 N–H and O–H groups in total. The van der Waals surface area contributed by atoms with Crippen LogP contribution in [0.15, 0.2) is 42.5 Å². The maximum atomic E-state index is 13.5. The molecule has 112 valence electrons. The zero-order valence-electron chi connectivity index (χ0n) is 12.5. The first kappa shape index (κ1) is 16.0. The van der Waals surface area contributed by atoms with Gasteiger partial charge in [-0.1, -0.05) is 60.5 Å². The molecule has 0 aliphatic rings. The highest BCUT2D eigenvalue weighted by Crippen LogP contribution is 2.22. The first-order valence-electron chi connectivity index (χ1n) is 7.32. The molecular formula is C18H21ClFN. The zero-order chi connectivity index (χ0) is 15.2. The normalized spacial score (nSPS) is 12.4. The van der Waals surface area contributed by atoms with Gasteiger partial charge < -0.3 is 5.32 Å². The van der Waals surface area contributed by atoms with Gasteiger partial charge in [0.1, 0.15) is 5.82 Å². The average molecular weight is 306 g/mol. The van der Waals surface area contributed by atoms with Crippen molar-refractivity contribution in [1.29, 1.82) is 0 Å². The van der Waals surface area contributed by atoms with Crippen molar-refractivity contribution in [3.8, 4) is 0 Å². The lowest BCUT2D eigenvalue weighted by molar-refractivity contribution is 0.519. The third-order valence-corrected chi connectivity index (χ3v) is 3.98. The molecule has 0 fully saturated rings. The second-order valence-corrected chi connectivity index (χ2v) is 5.74. The van der Waals surface area contributed by atoms with Crippen molar-refractivity contribution in [2.75, 3.05) is 6.54 Å². The molecule has 0 aromatic heterocycles. The van der Waals surface area contributed by atoms with Gasteiger partial charge in [0.15, 0.2) is 0 Å². The standard InChI is InChI=1S/C18H21ClFN/c1-3-21-16(11-14-7-4-6-13(2)10-14)12-15-8-5-9-17(20)18(15)19/h4-10,16,21H,3,11-12H2,1-2H3. The van der Waals surface area contributed by atoms with Gasteiger partial charge in [0.25, 0.3) is 0 Å². The highest BCUT2D eigenvalue weighted by atomic mass is 35.5. The fourth-order valence-electron chi connectivity index (χ4n) is 2.60. The van der Waals surface area contributed by atoms with E-state index in [1.54, 1.807) is 6.07 Å². The highest BCUT2D eigenvalue weighted by molar-refractivity contribution is 6.31. The Morgan fingerprint density at radius 2 is 1.90 bits per heavy atom. The van der Waals surface area contributed by atoms with Crippen LogP contribution in [0.1, 0.15) is 23.6 Å². The quantitative estimate of drug-likeness (QED) is 0.825. The van der Waals surface area contributed by atoms with E-state index < -0.39 is 0 Å². The van der Waals surface area contributed by atoms with Gasteiger partial charge in [-0.25, -0.2) is 4.39 Å². The van der Waals surface area contributed by atoms with Gasteiger partial charge >= 0.3 is 0 Å². The van der Waals surface area contributed by atoms with Crippen LogP contribution < -0.4 is 5.32 Å². The molecule has 1 atom stereocenters. The van der Waals surface area contributed by atoms with Crippen LogP contribution in [-0.2, 0) is 12.8 Å². The molecule has 2 aromatic carbocycles. The summed E-state index contributed by atoms with van der Waals surface area (Å²) in [6.07, 6.45) is 1.63. The van der Waals surface area contributed by atoms with E-state index in [2.05, 4.69) is 43.4 Å². The molecular weight excluding hydrogens is 285 g/mol. The fraction of sp³-hybridized carbons (Fsp3) is 0.333. The van der Waals surface area contributed by atoms with Gasteiger partial charge in [0.05, 0.1) is 5.02 Å². The molecule has 0 saturated carbocycles. The van der Waals surface area contributed by atoms with Crippen molar-refractivity contribution < 1.29 is 4.39 Å². The lowest BCUT2D eigenvalue weighted by Gasteiger charge is -2.19. The minimum absolute atomic E-state index is 0.240. The molecule has 0 aliphatic heterocycles. The van der Waals surface area contributed by atoms with Gasteiger partial charge in [-0.05, 0) is 43.5 Å². The van der Waals surface area contributed by atoms with Gasteiger partial charge in [0.2, 0.25) is 0 Å². The molecule has 0 aliphatic carbocycles. The number of hydrogen-bond acceptors (Lipinski definition) is 1. The third kappa shape index (κ3) is 4.55. The Bertz CT molecular complexity index is 598. The second kappa shape index (κ2) is 7.58. The number of hydrogen-bond donors (Lipinski definition) is 1. The van der Waals surface area contributed by atoms with Gasteiger partial charge in [-0.2, -0.15) is 0 Å². The lowest BCUT2D eigenvalue weighted by Crippen LogP contribution is -2.33. The number of nitrogens with one attached hydrogen (secondary N) is 1. The summed E-state index contributed by atoms with van der Waals surface area (Å²) in [6.45, 7) is 5.05. The Hall–Kier alpha value is -1.38. The summed E-state index contributed by atoms with van der Waals surface area (Å²) >= 11 is 6.06. The molecule has 0 saturated heterocycles. The van der Waals surface area contributed by atoms with Crippen molar-refractivity contribution in [2.45, 2.75) is 32.7 Å². The molecule has 0 spiro atoms. The van der Waals surface area contributed by atoms with Crippen LogP contribution >= 0.6 is 11.6 Å². The number of benzene rings is 2. The Morgan fingerprint density at radius 3 is 2.62 bits per heavy atom. The summed E-state index contributed by atoms with van der Waals surface area (Å²) in [5.74, 6) is -0.347. The SMILES string of the molecule is CCNC(Cc1cccc(C)c1)Cc1cccc(F)c1Cl. The first-order chi connectivity index (χ1) is 10.1. The van der Waals surface area contributed by atoms with Crippen LogP contribution in [-0.4, -0.2) is 12.6 Å². The molecule has 0 amide bonds. The summed E-state index contributed by atoms with van der Waals surface area (Å²) in [6, 6.07) is 13.7. The smallest absolute Gasteiger partial charge is 0.142 e. The molecule has 1 unspecified atom stereocenters. The van der Waals surface area contributed by atoms with Crippen molar-refractivity contribution in [1.82, 2.24) is 5.32 Å². The monoisotopic (exact) mass is 305 g/mol. The lowest BCUT2D eigenvalue weighted by atomic mass is 9.98. The van der Waals surface area contributed by atoms with Gasteiger partial charge in [-0.15, -0.1) is 0 Å². The Labute approximate surface area is 131 Å². The molecule has 0 heterocycles. The van der Waals surface area contributed by atoms with Crippen molar-refractivity contribution in [3.05, 3.63) is 70.0 Å². The summed E-state index contributed by atoms with van der Waals surface area (Å²) in [7, 11) is 0. The molecule has 2 aromatic rings. The minimum atomic E-state index is -0.347. The fourth-order valence-corrected chi connectivity index (χ4v) is 2.80. The summed E-state index contributed by atoms with van der Waals surface area (Å²) < 4.78 is 13.5. The van der Waals surface area contributed by atoms with E-state index >= 15 is 0 Å². The van der Waals surface area contributed by atoms with Gasteiger partial charge in [-0.3, -0.25) is 0 Å². The van der Waals surface area contributed by atoms with Crippen LogP contribution in [0.5, 0.6) is 0 Å². The van der Waals surface area contributed by atoms with E-state index in [-0.39, 0.29) is 16.9 Å². The third-order valence-electron chi connectivity index (χ3n) is 3.56. The van der Waals surface area contributed by atoms with Crippen LogP contribution in [0.4, 0.5) is 4.39 Å². The molecule has 2 rings (SSSR count). The van der Waals surface area contributed by atoms with Crippen molar-refractivity contribution in [3.63, 3.8) is 0 Å². The predicted octanol–water partition coefficient (Wildman–Crippen LogP) is 4.55. The van der Waals surface area contributed by atoms with E-state index in [9.17, 15) is 4.39 Å². The van der Waals surface area contributed by atoms with E-state index in [0.29, 0.717) is 0 Å². The number of likely N-dealkylation sites (N-methyl/N-ethyl adjacent to an activating group) is 1. The molecule has 1 nitrogen and oxygen atoms in total. The van der Waals surface area contributed by atoms with Crippen LogP contribution in [0, 0.1) is 12.7 Å². The topological polar surface area (TPSA) is 12.0 Å². The molecule has 3 heteroatoms. The summed E-state index contributed by atoms with van der Waals surface area (Å²) in [4.78, 5) is 0. The first-order valence-corrected chi connectivity index (χ1v) is 7.69. The predicted molar refractivity (Wildman–Crippen MR) is 87.5 cm³/mol.